The molecule has 0 fully saturated rings. The van der Waals surface area contributed by atoms with Crippen LogP contribution in [0, 0.1) is 17.2 Å². The van der Waals surface area contributed by atoms with Gasteiger partial charge in [0.1, 0.15) is 23.3 Å². The van der Waals surface area contributed by atoms with Crippen molar-refractivity contribution in [2.45, 2.75) is 6.42 Å². The molecule has 1 aromatic heterocycles. The fraction of sp³-hybridized carbons (Fsp3) is 0.235. The van der Waals surface area contributed by atoms with E-state index in [1.54, 1.807) is 42.5 Å². The summed E-state index contributed by atoms with van der Waals surface area (Å²) in [6.07, 6.45) is 0.470. The number of benzene rings is 1. The van der Waals surface area contributed by atoms with Crippen LogP contribution >= 0.6 is 0 Å². The summed E-state index contributed by atoms with van der Waals surface area (Å²) in [4.78, 5) is 16.1. The quantitative estimate of drug-likeness (QED) is 0.793. The number of hydrogen-bond donors (Lipinski definition) is 2. The van der Waals surface area contributed by atoms with Crippen LogP contribution < -0.4 is 5.32 Å². The molecule has 2 N–H and O–H groups in total. The van der Waals surface area contributed by atoms with Crippen molar-refractivity contribution in [3.63, 3.8) is 0 Å². The Kier molecular flexibility index (Phi) is 5.53. The topological polar surface area (TPSA) is 95.2 Å². The fourth-order valence-corrected chi connectivity index (χ4v) is 2.15. The largest absolute Gasteiger partial charge is 0.508 e. The van der Waals surface area contributed by atoms with E-state index in [1.165, 1.54) is 7.11 Å². The van der Waals surface area contributed by atoms with Gasteiger partial charge >= 0.3 is 5.97 Å². The molecule has 1 atom stereocenters. The van der Waals surface area contributed by atoms with E-state index >= 15 is 0 Å². The van der Waals surface area contributed by atoms with E-state index < -0.39 is 5.92 Å². The Morgan fingerprint density at radius 1 is 1.35 bits per heavy atom. The zero-order valence-electron chi connectivity index (χ0n) is 12.7. The lowest BCUT2D eigenvalue weighted by atomic mass is 9.99. The van der Waals surface area contributed by atoms with E-state index in [2.05, 4.69) is 10.3 Å². The molecule has 0 radical (unpaired) electrons. The average Bonchev–Trinajstić information content (AvgIpc) is 2.59. The minimum absolute atomic E-state index is 0.180. The summed E-state index contributed by atoms with van der Waals surface area (Å²) in [6.45, 7) is 0.329. The molecular weight excluding hydrogens is 294 g/mol. The molecule has 1 aromatic carbocycles. The van der Waals surface area contributed by atoms with Gasteiger partial charge in [0, 0.05) is 6.54 Å². The first-order valence-corrected chi connectivity index (χ1v) is 7.09. The number of hydrogen-bond acceptors (Lipinski definition) is 6. The van der Waals surface area contributed by atoms with Crippen LogP contribution in [0.2, 0.25) is 0 Å². The predicted octanol–water partition coefficient (Wildman–Crippen LogP) is 2.10. The number of esters is 1. The first-order valence-electron chi connectivity index (χ1n) is 7.09. The number of aromatic hydroxyl groups is 1. The Labute approximate surface area is 134 Å². The lowest BCUT2D eigenvalue weighted by Crippen LogP contribution is -2.26. The van der Waals surface area contributed by atoms with Gasteiger partial charge in [-0.05, 0) is 36.2 Å². The minimum Gasteiger partial charge on any atom is -0.508 e. The minimum atomic E-state index is -0.405. The van der Waals surface area contributed by atoms with Gasteiger partial charge < -0.3 is 15.2 Å². The molecule has 6 nitrogen and oxygen atoms in total. The third kappa shape index (κ3) is 4.71. The molecule has 0 aliphatic rings. The highest BCUT2D eigenvalue weighted by atomic mass is 16.5. The molecule has 0 saturated heterocycles. The summed E-state index contributed by atoms with van der Waals surface area (Å²) in [5, 5.41) is 21.2. The van der Waals surface area contributed by atoms with Crippen LogP contribution in [0.1, 0.15) is 11.3 Å². The second-order valence-electron chi connectivity index (χ2n) is 4.99. The third-order valence-corrected chi connectivity index (χ3v) is 3.35. The number of nitrogens with zero attached hydrogens (tertiary/aromatic N) is 2. The number of rotatable bonds is 6. The van der Waals surface area contributed by atoms with E-state index in [0.29, 0.717) is 24.5 Å². The molecule has 0 bridgehead atoms. The summed E-state index contributed by atoms with van der Waals surface area (Å²) < 4.78 is 4.84. The molecule has 118 valence electrons. The van der Waals surface area contributed by atoms with Crippen molar-refractivity contribution >= 4 is 11.8 Å². The standard InChI is InChI=1S/C17H17N3O3/c1-23-17(22)13(9-12-5-7-15(21)8-6-12)11-19-16-4-2-3-14(10-18)20-16/h2-8,13,21H,9,11H2,1H3,(H,19,20). The number of aromatic nitrogens is 1. The number of ether oxygens (including phenoxy) is 1. The van der Waals surface area contributed by atoms with Crippen molar-refractivity contribution in [2.24, 2.45) is 5.92 Å². The SMILES string of the molecule is COC(=O)C(CNc1cccc(C#N)n1)Cc1ccc(O)cc1. The number of nitrogens with one attached hydrogen (secondary N) is 1. The van der Waals surface area contributed by atoms with Crippen LogP contribution in [0.25, 0.3) is 0 Å². The first kappa shape index (κ1) is 16.3. The second kappa shape index (κ2) is 7.80. The zero-order valence-corrected chi connectivity index (χ0v) is 12.7. The maximum atomic E-state index is 11.9. The average molecular weight is 311 g/mol. The molecule has 23 heavy (non-hydrogen) atoms. The summed E-state index contributed by atoms with van der Waals surface area (Å²) in [6, 6.07) is 13.7. The van der Waals surface area contributed by atoms with Crippen molar-refractivity contribution in [1.29, 1.82) is 5.26 Å². The maximum absolute atomic E-state index is 11.9. The van der Waals surface area contributed by atoms with Crippen LogP contribution in [-0.4, -0.2) is 29.7 Å². The molecule has 0 aliphatic carbocycles. The van der Waals surface area contributed by atoms with Gasteiger partial charge in [0.2, 0.25) is 0 Å². The van der Waals surface area contributed by atoms with Crippen molar-refractivity contribution in [3.05, 3.63) is 53.7 Å². The number of anilines is 1. The van der Waals surface area contributed by atoms with E-state index in [4.69, 9.17) is 10.00 Å². The summed E-state index contributed by atoms with van der Waals surface area (Å²) in [7, 11) is 1.35. The molecular formula is C17H17N3O3. The van der Waals surface area contributed by atoms with Gasteiger partial charge in [0.25, 0.3) is 0 Å². The van der Waals surface area contributed by atoms with Gasteiger partial charge in [-0.15, -0.1) is 0 Å². The monoisotopic (exact) mass is 311 g/mol. The molecule has 1 heterocycles. The highest BCUT2D eigenvalue weighted by molar-refractivity contribution is 5.73. The second-order valence-corrected chi connectivity index (χ2v) is 4.99. The van der Waals surface area contributed by atoms with Crippen molar-refractivity contribution in [1.82, 2.24) is 4.98 Å². The van der Waals surface area contributed by atoms with Gasteiger partial charge in [-0.3, -0.25) is 4.79 Å². The fourth-order valence-electron chi connectivity index (χ4n) is 2.15. The summed E-state index contributed by atoms with van der Waals surface area (Å²) >= 11 is 0. The van der Waals surface area contributed by atoms with Crippen molar-refractivity contribution in [3.8, 4) is 11.8 Å². The van der Waals surface area contributed by atoms with Gasteiger partial charge in [-0.25, -0.2) is 4.98 Å². The number of carbonyl (C=O) groups excluding carboxylic acids is 1. The highest BCUT2D eigenvalue weighted by Crippen LogP contribution is 2.15. The Balaban J connectivity index is 2.05. The maximum Gasteiger partial charge on any atom is 0.310 e. The Morgan fingerprint density at radius 2 is 2.09 bits per heavy atom. The molecule has 0 aliphatic heterocycles. The lowest BCUT2D eigenvalue weighted by molar-refractivity contribution is -0.144. The number of phenols is 1. The summed E-state index contributed by atoms with van der Waals surface area (Å²) in [5.74, 6) is -0.0261. The van der Waals surface area contributed by atoms with Crippen LogP contribution in [0.15, 0.2) is 42.5 Å². The number of phenolic OH excluding ortho intramolecular Hbond substituents is 1. The molecule has 1 unspecified atom stereocenters. The van der Waals surface area contributed by atoms with Gasteiger partial charge in [-0.2, -0.15) is 5.26 Å². The zero-order chi connectivity index (χ0) is 16.7. The van der Waals surface area contributed by atoms with E-state index in [-0.39, 0.29) is 11.7 Å². The normalized spacial score (nSPS) is 11.3. The number of nitriles is 1. The number of methoxy groups -OCH3 is 1. The molecule has 2 aromatic rings. The van der Waals surface area contributed by atoms with Gasteiger partial charge in [0.15, 0.2) is 0 Å². The van der Waals surface area contributed by atoms with Gasteiger partial charge in [-0.1, -0.05) is 18.2 Å². The van der Waals surface area contributed by atoms with Crippen molar-refractivity contribution < 1.29 is 14.6 Å². The lowest BCUT2D eigenvalue weighted by Gasteiger charge is -2.16. The smallest absolute Gasteiger partial charge is 0.310 e. The van der Waals surface area contributed by atoms with E-state index in [0.717, 1.165) is 5.56 Å². The molecule has 0 spiro atoms. The van der Waals surface area contributed by atoms with Gasteiger partial charge in [0.05, 0.1) is 13.0 Å². The number of carbonyl (C=O) groups is 1. The molecule has 0 saturated carbocycles. The summed E-state index contributed by atoms with van der Waals surface area (Å²) in [5.41, 5.74) is 1.22. The Hall–Kier alpha value is -3.07. The van der Waals surface area contributed by atoms with E-state index in [1.807, 2.05) is 6.07 Å². The van der Waals surface area contributed by atoms with Crippen molar-refractivity contribution in [2.75, 3.05) is 19.0 Å². The van der Waals surface area contributed by atoms with Crippen LogP contribution in [0.4, 0.5) is 5.82 Å². The van der Waals surface area contributed by atoms with Crippen LogP contribution in [0.3, 0.4) is 0 Å². The molecule has 2 rings (SSSR count). The first-order chi connectivity index (χ1) is 11.1. The molecule has 6 heteroatoms. The highest BCUT2D eigenvalue weighted by Gasteiger charge is 2.20. The Morgan fingerprint density at radius 3 is 2.74 bits per heavy atom. The van der Waals surface area contributed by atoms with Crippen LogP contribution in [0.5, 0.6) is 5.75 Å². The van der Waals surface area contributed by atoms with Crippen LogP contribution in [-0.2, 0) is 16.0 Å². The Bertz CT molecular complexity index is 708. The van der Waals surface area contributed by atoms with E-state index in [9.17, 15) is 9.90 Å². The number of pyridine rings is 1. The molecule has 0 amide bonds. The third-order valence-electron chi connectivity index (χ3n) is 3.35. The predicted molar refractivity (Wildman–Crippen MR) is 84.8 cm³/mol.